The van der Waals surface area contributed by atoms with E-state index in [0.29, 0.717) is 18.2 Å². The molecule has 1 aromatic carbocycles. The maximum Gasteiger partial charge on any atom is 0.269 e. The number of carbonyl (C=O) groups is 1. The fourth-order valence-electron chi connectivity index (χ4n) is 2.85. The van der Waals surface area contributed by atoms with Gasteiger partial charge in [0, 0.05) is 30.3 Å². The van der Waals surface area contributed by atoms with Crippen molar-refractivity contribution in [3.63, 3.8) is 0 Å². The summed E-state index contributed by atoms with van der Waals surface area (Å²) < 4.78 is 0. The highest BCUT2D eigenvalue weighted by Crippen LogP contribution is 2.24. The first-order valence-electron chi connectivity index (χ1n) is 7.19. The molecule has 1 aliphatic carbocycles. The van der Waals surface area contributed by atoms with E-state index in [1.165, 1.54) is 31.4 Å². The van der Waals surface area contributed by atoms with Gasteiger partial charge in [-0.15, -0.1) is 0 Å². The Hall–Kier alpha value is -1.91. The Morgan fingerprint density at radius 1 is 1.25 bits per heavy atom. The molecular formula is C15H20N2O3. The van der Waals surface area contributed by atoms with Gasteiger partial charge in [0.25, 0.3) is 11.6 Å². The number of carbonyl (C=O) groups excluding carboxylic acids is 1. The minimum atomic E-state index is -0.451. The molecule has 108 valence electrons. The molecule has 0 N–H and O–H groups in total. The third kappa shape index (κ3) is 3.15. The van der Waals surface area contributed by atoms with Crippen LogP contribution in [0.3, 0.4) is 0 Å². The van der Waals surface area contributed by atoms with Crippen LogP contribution in [0, 0.1) is 10.1 Å². The minimum Gasteiger partial charge on any atom is -0.336 e. The molecule has 0 aromatic heterocycles. The van der Waals surface area contributed by atoms with Gasteiger partial charge in [0.2, 0.25) is 0 Å². The molecule has 20 heavy (non-hydrogen) atoms. The van der Waals surface area contributed by atoms with E-state index < -0.39 is 4.92 Å². The summed E-state index contributed by atoms with van der Waals surface area (Å²) in [5.41, 5.74) is 0.547. The van der Waals surface area contributed by atoms with Crippen molar-refractivity contribution in [2.24, 2.45) is 0 Å². The van der Waals surface area contributed by atoms with Gasteiger partial charge >= 0.3 is 0 Å². The van der Waals surface area contributed by atoms with E-state index in [0.717, 1.165) is 12.8 Å². The molecule has 0 aliphatic heterocycles. The van der Waals surface area contributed by atoms with Crippen LogP contribution in [0.25, 0.3) is 0 Å². The molecule has 1 fully saturated rings. The highest BCUT2D eigenvalue weighted by Gasteiger charge is 2.25. The zero-order chi connectivity index (χ0) is 14.5. The number of hydrogen-bond donors (Lipinski definition) is 0. The molecule has 1 saturated carbocycles. The van der Waals surface area contributed by atoms with Crippen molar-refractivity contribution in [2.45, 2.75) is 45.1 Å². The molecule has 0 atom stereocenters. The smallest absolute Gasteiger partial charge is 0.269 e. The van der Waals surface area contributed by atoms with Gasteiger partial charge in [-0.1, -0.05) is 19.3 Å². The molecule has 5 heteroatoms. The van der Waals surface area contributed by atoms with Crippen LogP contribution in [0.5, 0.6) is 0 Å². The summed E-state index contributed by atoms with van der Waals surface area (Å²) in [5.74, 6) is -0.0192. The fourth-order valence-corrected chi connectivity index (χ4v) is 2.85. The Balaban J connectivity index is 2.13. The molecule has 0 radical (unpaired) electrons. The van der Waals surface area contributed by atoms with Gasteiger partial charge in [-0.3, -0.25) is 14.9 Å². The number of nitrogens with zero attached hydrogens (tertiary/aromatic N) is 2. The summed E-state index contributed by atoms with van der Waals surface area (Å²) in [6.45, 7) is 2.67. The monoisotopic (exact) mass is 276 g/mol. The predicted molar refractivity (Wildman–Crippen MR) is 76.7 cm³/mol. The first-order chi connectivity index (χ1) is 9.63. The predicted octanol–water partition coefficient (Wildman–Crippen LogP) is 3.39. The average Bonchev–Trinajstić information content (AvgIpc) is 2.49. The Kier molecular flexibility index (Phi) is 4.71. The minimum absolute atomic E-state index is 0.0160. The molecule has 0 spiro atoms. The van der Waals surface area contributed by atoms with Crippen molar-refractivity contribution in [1.82, 2.24) is 4.90 Å². The van der Waals surface area contributed by atoms with E-state index in [-0.39, 0.29) is 11.6 Å². The number of benzene rings is 1. The van der Waals surface area contributed by atoms with Crippen molar-refractivity contribution >= 4 is 11.6 Å². The molecule has 2 rings (SSSR count). The van der Waals surface area contributed by atoms with Gasteiger partial charge in [0.1, 0.15) is 0 Å². The molecule has 1 amide bonds. The lowest BCUT2D eigenvalue weighted by Gasteiger charge is -2.33. The van der Waals surface area contributed by atoms with Gasteiger partial charge in [-0.25, -0.2) is 0 Å². The van der Waals surface area contributed by atoms with E-state index in [1.807, 2.05) is 11.8 Å². The van der Waals surface area contributed by atoms with Crippen LogP contribution >= 0.6 is 0 Å². The second-order valence-corrected chi connectivity index (χ2v) is 5.19. The van der Waals surface area contributed by atoms with Crippen LogP contribution < -0.4 is 0 Å². The summed E-state index contributed by atoms with van der Waals surface area (Å²) in [4.78, 5) is 24.6. The standard InChI is InChI=1S/C15H20N2O3/c1-2-16(13-6-4-3-5-7-13)15(18)12-8-10-14(11-9-12)17(19)20/h8-11,13H,2-7H2,1H3. The van der Waals surface area contributed by atoms with Gasteiger partial charge in [0.15, 0.2) is 0 Å². The maximum absolute atomic E-state index is 12.5. The lowest BCUT2D eigenvalue weighted by atomic mass is 9.93. The molecule has 5 nitrogen and oxygen atoms in total. The van der Waals surface area contributed by atoms with E-state index in [2.05, 4.69) is 0 Å². The second kappa shape index (κ2) is 6.50. The number of nitro benzene ring substituents is 1. The number of nitro groups is 1. The number of non-ortho nitro benzene ring substituents is 1. The van der Waals surface area contributed by atoms with Crippen molar-refractivity contribution in [3.05, 3.63) is 39.9 Å². The topological polar surface area (TPSA) is 63.5 Å². The normalized spacial score (nSPS) is 15.8. The maximum atomic E-state index is 12.5. The van der Waals surface area contributed by atoms with E-state index >= 15 is 0 Å². The molecule has 1 aliphatic rings. The van der Waals surface area contributed by atoms with Crippen LogP contribution in [0.2, 0.25) is 0 Å². The average molecular weight is 276 g/mol. The Bertz CT molecular complexity index is 478. The molecule has 1 aromatic rings. The lowest BCUT2D eigenvalue weighted by molar-refractivity contribution is -0.384. The lowest BCUT2D eigenvalue weighted by Crippen LogP contribution is -2.41. The van der Waals surface area contributed by atoms with Crippen LogP contribution in [0.15, 0.2) is 24.3 Å². The number of rotatable bonds is 4. The summed E-state index contributed by atoms with van der Waals surface area (Å²) >= 11 is 0. The number of amides is 1. The van der Waals surface area contributed by atoms with E-state index in [1.54, 1.807) is 12.1 Å². The van der Waals surface area contributed by atoms with Gasteiger partial charge in [0.05, 0.1) is 4.92 Å². The molecule has 0 unspecified atom stereocenters. The summed E-state index contributed by atoms with van der Waals surface area (Å²) in [6.07, 6.45) is 5.72. The molecule has 0 heterocycles. The van der Waals surface area contributed by atoms with Gasteiger partial charge in [-0.2, -0.15) is 0 Å². The van der Waals surface area contributed by atoms with Crippen molar-refractivity contribution in [1.29, 1.82) is 0 Å². The van der Waals surface area contributed by atoms with Crippen LogP contribution in [0.1, 0.15) is 49.4 Å². The largest absolute Gasteiger partial charge is 0.336 e. The summed E-state index contributed by atoms with van der Waals surface area (Å²) in [5, 5.41) is 10.6. The Morgan fingerprint density at radius 2 is 1.85 bits per heavy atom. The van der Waals surface area contributed by atoms with Gasteiger partial charge in [-0.05, 0) is 31.9 Å². The summed E-state index contributed by atoms with van der Waals surface area (Å²) in [7, 11) is 0. The van der Waals surface area contributed by atoms with Crippen LogP contribution in [-0.4, -0.2) is 28.3 Å². The Morgan fingerprint density at radius 3 is 2.35 bits per heavy atom. The quantitative estimate of drug-likeness (QED) is 0.625. The first kappa shape index (κ1) is 14.5. The third-order valence-corrected chi connectivity index (χ3v) is 3.94. The zero-order valence-electron chi connectivity index (χ0n) is 11.7. The number of hydrogen-bond acceptors (Lipinski definition) is 3. The van der Waals surface area contributed by atoms with Crippen LogP contribution in [-0.2, 0) is 0 Å². The fraction of sp³-hybridized carbons (Fsp3) is 0.533. The SMILES string of the molecule is CCN(C(=O)c1ccc([N+](=O)[O-])cc1)C1CCCCC1. The zero-order valence-corrected chi connectivity index (χ0v) is 11.7. The third-order valence-electron chi connectivity index (χ3n) is 3.94. The van der Waals surface area contributed by atoms with Crippen molar-refractivity contribution in [2.75, 3.05) is 6.54 Å². The highest BCUT2D eigenvalue weighted by molar-refractivity contribution is 5.94. The molecular weight excluding hydrogens is 256 g/mol. The van der Waals surface area contributed by atoms with Crippen molar-refractivity contribution < 1.29 is 9.72 Å². The molecule has 0 bridgehead atoms. The molecule has 0 saturated heterocycles. The second-order valence-electron chi connectivity index (χ2n) is 5.19. The Labute approximate surface area is 118 Å². The van der Waals surface area contributed by atoms with Crippen molar-refractivity contribution in [3.8, 4) is 0 Å². The van der Waals surface area contributed by atoms with E-state index in [9.17, 15) is 14.9 Å². The van der Waals surface area contributed by atoms with Crippen LogP contribution in [0.4, 0.5) is 5.69 Å². The first-order valence-corrected chi connectivity index (χ1v) is 7.19. The van der Waals surface area contributed by atoms with Gasteiger partial charge < -0.3 is 4.90 Å². The summed E-state index contributed by atoms with van der Waals surface area (Å²) in [6, 6.07) is 6.19. The van der Waals surface area contributed by atoms with E-state index in [4.69, 9.17) is 0 Å². The highest BCUT2D eigenvalue weighted by atomic mass is 16.6.